The number of nitrogens with two attached hydrogens (primary N) is 1. The predicted octanol–water partition coefficient (Wildman–Crippen LogP) is 3.38. The third-order valence-corrected chi connectivity index (χ3v) is 5.41. The molecule has 2 heterocycles. The van der Waals surface area contributed by atoms with Crippen molar-refractivity contribution in [3.63, 3.8) is 0 Å². The number of amides is 1. The number of nitrogens with zero attached hydrogens (tertiary/aromatic N) is 2. The molecule has 0 bridgehead atoms. The SMILES string of the molecule is NC(=O)C(CCc1ccncc1)(NCCc1ccncc1)c1ccc(Br)cc1. The lowest BCUT2D eigenvalue weighted by atomic mass is 9.83. The van der Waals surface area contributed by atoms with Crippen molar-refractivity contribution in [2.24, 2.45) is 5.73 Å². The molecule has 1 unspecified atom stereocenters. The van der Waals surface area contributed by atoms with Crippen LogP contribution in [-0.2, 0) is 23.2 Å². The van der Waals surface area contributed by atoms with Crippen LogP contribution in [0.4, 0.5) is 0 Å². The Morgan fingerprint density at radius 1 is 0.893 bits per heavy atom. The number of nitrogens with one attached hydrogen (secondary N) is 1. The minimum Gasteiger partial charge on any atom is -0.368 e. The summed E-state index contributed by atoms with van der Waals surface area (Å²) in [7, 11) is 0. The lowest BCUT2D eigenvalue weighted by molar-refractivity contribution is -0.125. The van der Waals surface area contributed by atoms with Crippen LogP contribution < -0.4 is 11.1 Å². The molecule has 0 saturated carbocycles. The first-order valence-electron chi connectivity index (χ1n) is 9.19. The van der Waals surface area contributed by atoms with Crippen molar-refractivity contribution in [2.75, 3.05) is 6.54 Å². The predicted molar refractivity (Wildman–Crippen MR) is 114 cm³/mol. The number of carbonyl (C=O) groups excluding carboxylic acids is 1. The molecule has 6 heteroatoms. The lowest BCUT2D eigenvalue weighted by Crippen LogP contribution is -2.53. The summed E-state index contributed by atoms with van der Waals surface area (Å²) >= 11 is 3.46. The van der Waals surface area contributed by atoms with Crippen molar-refractivity contribution in [2.45, 2.75) is 24.8 Å². The first kappa shape index (κ1) is 20.2. The Hall–Kier alpha value is -2.57. The molecule has 1 amide bonds. The fourth-order valence-electron chi connectivity index (χ4n) is 3.27. The van der Waals surface area contributed by atoms with Crippen molar-refractivity contribution in [1.29, 1.82) is 0 Å². The van der Waals surface area contributed by atoms with Gasteiger partial charge in [-0.1, -0.05) is 28.1 Å². The number of carbonyl (C=O) groups is 1. The van der Waals surface area contributed by atoms with Crippen LogP contribution >= 0.6 is 15.9 Å². The summed E-state index contributed by atoms with van der Waals surface area (Å²) in [6, 6.07) is 15.6. The van der Waals surface area contributed by atoms with Crippen molar-refractivity contribution in [1.82, 2.24) is 15.3 Å². The molecule has 1 atom stereocenters. The fraction of sp³-hybridized carbons (Fsp3) is 0.227. The summed E-state index contributed by atoms with van der Waals surface area (Å²) in [6.45, 7) is 0.624. The quantitative estimate of drug-likeness (QED) is 0.536. The molecule has 3 aromatic rings. The van der Waals surface area contributed by atoms with E-state index in [1.165, 1.54) is 0 Å². The highest BCUT2D eigenvalue weighted by Gasteiger charge is 2.37. The molecule has 2 aromatic heterocycles. The van der Waals surface area contributed by atoms with Crippen molar-refractivity contribution in [3.05, 3.63) is 94.5 Å². The van der Waals surface area contributed by atoms with Crippen LogP contribution in [-0.4, -0.2) is 22.4 Å². The summed E-state index contributed by atoms with van der Waals surface area (Å²) in [6.07, 6.45) is 9.12. The number of aryl methyl sites for hydroxylation is 1. The molecular weight excluding hydrogens is 416 g/mol. The molecule has 0 aliphatic carbocycles. The molecular formula is C22H23BrN4O. The zero-order valence-corrected chi connectivity index (χ0v) is 17.1. The monoisotopic (exact) mass is 438 g/mol. The summed E-state index contributed by atoms with van der Waals surface area (Å²) in [5.74, 6) is -0.376. The van der Waals surface area contributed by atoms with Crippen molar-refractivity contribution >= 4 is 21.8 Å². The van der Waals surface area contributed by atoms with E-state index in [-0.39, 0.29) is 5.91 Å². The average Bonchev–Trinajstić information content (AvgIpc) is 2.72. The molecule has 0 spiro atoms. The van der Waals surface area contributed by atoms with Crippen molar-refractivity contribution < 1.29 is 4.79 Å². The van der Waals surface area contributed by atoms with Crippen LogP contribution in [0.3, 0.4) is 0 Å². The van der Waals surface area contributed by atoms with Crippen LogP contribution in [0.5, 0.6) is 0 Å². The molecule has 3 N–H and O–H groups in total. The molecule has 3 rings (SSSR count). The lowest BCUT2D eigenvalue weighted by Gasteiger charge is -2.33. The Morgan fingerprint density at radius 3 is 1.96 bits per heavy atom. The van der Waals surface area contributed by atoms with Crippen LogP contribution in [0, 0.1) is 0 Å². The maximum absolute atomic E-state index is 12.7. The van der Waals surface area contributed by atoms with Gasteiger partial charge in [-0.2, -0.15) is 0 Å². The highest BCUT2D eigenvalue weighted by atomic mass is 79.9. The van der Waals surface area contributed by atoms with E-state index in [1.54, 1.807) is 24.8 Å². The van der Waals surface area contributed by atoms with Gasteiger partial charge < -0.3 is 5.73 Å². The Bertz CT molecular complexity index is 887. The van der Waals surface area contributed by atoms with Gasteiger partial charge in [0.05, 0.1) is 0 Å². The molecule has 5 nitrogen and oxygen atoms in total. The summed E-state index contributed by atoms with van der Waals surface area (Å²) in [4.78, 5) is 20.8. The Balaban J connectivity index is 1.83. The van der Waals surface area contributed by atoms with E-state index in [0.717, 1.165) is 27.6 Å². The molecule has 144 valence electrons. The molecule has 1 aromatic carbocycles. The van der Waals surface area contributed by atoms with Gasteiger partial charge in [-0.05, 0) is 72.4 Å². The van der Waals surface area contributed by atoms with Gasteiger partial charge in [-0.25, -0.2) is 0 Å². The van der Waals surface area contributed by atoms with Crippen LogP contribution in [0.2, 0.25) is 0 Å². The van der Waals surface area contributed by atoms with Crippen molar-refractivity contribution in [3.8, 4) is 0 Å². The average molecular weight is 439 g/mol. The zero-order chi connectivity index (χ0) is 19.8. The number of halogens is 1. The Morgan fingerprint density at radius 2 is 1.43 bits per heavy atom. The van der Waals surface area contributed by atoms with Gasteiger partial charge in [0.2, 0.25) is 5.91 Å². The second kappa shape index (κ2) is 9.57. The van der Waals surface area contributed by atoms with E-state index in [4.69, 9.17) is 5.73 Å². The van der Waals surface area contributed by atoms with Gasteiger partial charge in [-0.15, -0.1) is 0 Å². The molecule has 0 fully saturated rings. The van der Waals surface area contributed by atoms with E-state index in [2.05, 4.69) is 31.2 Å². The fourth-order valence-corrected chi connectivity index (χ4v) is 3.54. The maximum Gasteiger partial charge on any atom is 0.242 e. The molecule has 0 radical (unpaired) electrons. The summed E-state index contributed by atoms with van der Waals surface area (Å²) < 4.78 is 0.959. The van der Waals surface area contributed by atoms with Gasteiger partial charge in [-0.3, -0.25) is 20.1 Å². The molecule has 28 heavy (non-hydrogen) atoms. The molecule has 0 aliphatic heterocycles. The largest absolute Gasteiger partial charge is 0.368 e. The Kier molecular flexibility index (Phi) is 6.90. The third kappa shape index (κ3) is 5.03. The number of aromatic nitrogens is 2. The number of primary amides is 1. The number of hydrogen-bond acceptors (Lipinski definition) is 4. The Labute approximate surface area is 173 Å². The smallest absolute Gasteiger partial charge is 0.242 e. The van der Waals surface area contributed by atoms with Gasteiger partial charge in [0, 0.05) is 35.8 Å². The van der Waals surface area contributed by atoms with E-state index in [9.17, 15) is 4.79 Å². The van der Waals surface area contributed by atoms with E-state index in [0.29, 0.717) is 19.4 Å². The van der Waals surface area contributed by atoms with Gasteiger partial charge in [0.25, 0.3) is 0 Å². The van der Waals surface area contributed by atoms with Crippen LogP contribution in [0.15, 0.2) is 77.8 Å². The maximum atomic E-state index is 12.7. The first-order chi connectivity index (χ1) is 13.6. The number of benzene rings is 1. The van der Waals surface area contributed by atoms with Gasteiger partial charge in [0.1, 0.15) is 5.54 Å². The van der Waals surface area contributed by atoms with Gasteiger partial charge in [0.15, 0.2) is 0 Å². The standard InChI is InChI=1S/C22H23BrN4O/c23-20-3-1-19(2-4-20)22(21(24)28,11-5-17-6-12-25-13-7-17)27-16-10-18-8-14-26-15-9-18/h1-4,6-9,12-15,27H,5,10-11,16H2,(H2,24,28). The van der Waals surface area contributed by atoms with E-state index >= 15 is 0 Å². The highest BCUT2D eigenvalue weighted by molar-refractivity contribution is 9.10. The first-order valence-corrected chi connectivity index (χ1v) is 9.98. The van der Waals surface area contributed by atoms with E-state index < -0.39 is 5.54 Å². The number of pyridine rings is 2. The molecule has 0 saturated heterocycles. The van der Waals surface area contributed by atoms with E-state index in [1.807, 2.05) is 48.5 Å². The summed E-state index contributed by atoms with van der Waals surface area (Å²) in [5, 5.41) is 3.46. The number of rotatable bonds is 9. The van der Waals surface area contributed by atoms with Crippen LogP contribution in [0.1, 0.15) is 23.1 Å². The summed E-state index contributed by atoms with van der Waals surface area (Å²) in [5.41, 5.74) is 8.15. The minimum absolute atomic E-state index is 0.376. The van der Waals surface area contributed by atoms with Crippen LogP contribution in [0.25, 0.3) is 0 Å². The highest BCUT2D eigenvalue weighted by Crippen LogP contribution is 2.28. The molecule has 0 aliphatic rings. The zero-order valence-electron chi connectivity index (χ0n) is 15.5. The van der Waals surface area contributed by atoms with Gasteiger partial charge >= 0.3 is 0 Å². The number of hydrogen-bond donors (Lipinski definition) is 2. The second-order valence-electron chi connectivity index (χ2n) is 6.66. The topological polar surface area (TPSA) is 80.9 Å². The normalized spacial score (nSPS) is 13.0. The second-order valence-corrected chi connectivity index (χ2v) is 7.58. The third-order valence-electron chi connectivity index (χ3n) is 4.89. The minimum atomic E-state index is -0.947.